The number of anilines is 1. The van der Waals surface area contributed by atoms with E-state index in [9.17, 15) is 4.79 Å². The standard InChI is InChI=1S/C20H14ClN3O/c21-14-8-10-15(11-9-14)22-20(25)17-6-2-1-5-16(17)18-13-24-12-4-3-7-19(24)23-18/h1-13H,(H,22,25). The number of carbonyl (C=O) groups is 1. The van der Waals surface area contributed by atoms with Gasteiger partial charge in [-0.05, 0) is 42.5 Å². The van der Waals surface area contributed by atoms with Crippen LogP contribution in [-0.4, -0.2) is 15.3 Å². The van der Waals surface area contributed by atoms with E-state index in [-0.39, 0.29) is 5.91 Å². The van der Waals surface area contributed by atoms with Crippen LogP contribution >= 0.6 is 11.6 Å². The molecule has 0 spiro atoms. The molecule has 0 atom stereocenters. The molecule has 0 saturated carbocycles. The molecule has 0 radical (unpaired) electrons. The summed E-state index contributed by atoms with van der Waals surface area (Å²) in [5, 5.41) is 3.53. The molecule has 0 aliphatic carbocycles. The minimum absolute atomic E-state index is 0.185. The summed E-state index contributed by atoms with van der Waals surface area (Å²) in [6.45, 7) is 0. The number of halogens is 1. The summed E-state index contributed by atoms with van der Waals surface area (Å²) in [6, 6.07) is 20.3. The number of aromatic nitrogens is 2. The molecule has 25 heavy (non-hydrogen) atoms. The second kappa shape index (κ2) is 6.42. The van der Waals surface area contributed by atoms with Crippen molar-refractivity contribution in [3.63, 3.8) is 0 Å². The van der Waals surface area contributed by atoms with E-state index in [0.717, 1.165) is 16.9 Å². The predicted octanol–water partition coefficient (Wildman–Crippen LogP) is 4.91. The van der Waals surface area contributed by atoms with Gasteiger partial charge in [0.25, 0.3) is 5.91 Å². The van der Waals surface area contributed by atoms with Crippen molar-refractivity contribution < 1.29 is 4.79 Å². The van der Waals surface area contributed by atoms with Crippen LogP contribution in [0.4, 0.5) is 5.69 Å². The van der Waals surface area contributed by atoms with Gasteiger partial charge in [-0.3, -0.25) is 4.79 Å². The second-order valence-corrected chi connectivity index (χ2v) is 6.04. The van der Waals surface area contributed by atoms with E-state index in [1.54, 1.807) is 30.3 Å². The average Bonchev–Trinajstić information content (AvgIpc) is 3.07. The zero-order valence-electron chi connectivity index (χ0n) is 13.2. The zero-order valence-corrected chi connectivity index (χ0v) is 13.9. The Morgan fingerprint density at radius 2 is 1.72 bits per heavy atom. The Kier molecular flexibility index (Phi) is 3.96. The number of pyridine rings is 1. The fraction of sp³-hybridized carbons (Fsp3) is 0. The highest BCUT2D eigenvalue weighted by molar-refractivity contribution is 6.30. The summed E-state index contributed by atoms with van der Waals surface area (Å²) in [6.07, 6.45) is 3.85. The first-order chi connectivity index (χ1) is 12.2. The van der Waals surface area contributed by atoms with E-state index in [4.69, 9.17) is 11.6 Å². The number of fused-ring (bicyclic) bond motifs is 1. The van der Waals surface area contributed by atoms with Gasteiger partial charge in [-0.15, -0.1) is 0 Å². The van der Waals surface area contributed by atoms with Crippen LogP contribution in [0.25, 0.3) is 16.9 Å². The van der Waals surface area contributed by atoms with E-state index in [2.05, 4.69) is 10.3 Å². The van der Waals surface area contributed by atoms with Crippen molar-refractivity contribution in [2.45, 2.75) is 0 Å². The van der Waals surface area contributed by atoms with Gasteiger partial charge in [-0.25, -0.2) is 4.98 Å². The molecule has 0 aliphatic rings. The first kappa shape index (κ1) is 15.4. The molecule has 4 aromatic rings. The number of hydrogen-bond donors (Lipinski definition) is 1. The molecule has 2 aromatic carbocycles. The van der Waals surface area contributed by atoms with Gasteiger partial charge < -0.3 is 9.72 Å². The third-order valence-corrected chi connectivity index (χ3v) is 4.17. The zero-order chi connectivity index (χ0) is 17.2. The van der Waals surface area contributed by atoms with Crippen LogP contribution in [0.3, 0.4) is 0 Å². The Morgan fingerprint density at radius 1 is 0.960 bits per heavy atom. The molecule has 122 valence electrons. The number of rotatable bonds is 3. The lowest BCUT2D eigenvalue weighted by atomic mass is 10.0. The molecule has 1 N–H and O–H groups in total. The van der Waals surface area contributed by atoms with E-state index in [0.29, 0.717) is 16.3 Å². The SMILES string of the molecule is O=C(Nc1ccc(Cl)cc1)c1ccccc1-c1cn2ccccc2n1. The quantitative estimate of drug-likeness (QED) is 0.572. The Bertz CT molecular complexity index is 1020. The molecular formula is C20H14ClN3O. The monoisotopic (exact) mass is 347 g/mol. The molecule has 4 rings (SSSR count). The maximum absolute atomic E-state index is 12.7. The lowest BCUT2D eigenvalue weighted by Gasteiger charge is -2.09. The van der Waals surface area contributed by atoms with Crippen molar-refractivity contribution in [1.82, 2.24) is 9.38 Å². The van der Waals surface area contributed by atoms with Crippen LogP contribution in [0.15, 0.2) is 79.1 Å². The summed E-state index contributed by atoms with van der Waals surface area (Å²) in [7, 11) is 0. The third kappa shape index (κ3) is 3.12. The van der Waals surface area contributed by atoms with Gasteiger partial charge in [0.1, 0.15) is 5.65 Å². The van der Waals surface area contributed by atoms with Gasteiger partial charge in [0.2, 0.25) is 0 Å². The fourth-order valence-corrected chi connectivity index (χ4v) is 2.83. The van der Waals surface area contributed by atoms with Crippen LogP contribution in [0.2, 0.25) is 5.02 Å². The number of carbonyl (C=O) groups excluding carboxylic acids is 1. The Balaban J connectivity index is 1.70. The van der Waals surface area contributed by atoms with Crippen molar-refractivity contribution in [1.29, 1.82) is 0 Å². The second-order valence-electron chi connectivity index (χ2n) is 5.60. The number of hydrogen-bond acceptors (Lipinski definition) is 2. The third-order valence-electron chi connectivity index (χ3n) is 3.91. The van der Waals surface area contributed by atoms with Crippen LogP contribution in [0.1, 0.15) is 10.4 Å². The average molecular weight is 348 g/mol. The molecule has 4 nitrogen and oxygen atoms in total. The molecular weight excluding hydrogens is 334 g/mol. The van der Waals surface area contributed by atoms with Crippen molar-refractivity contribution >= 4 is 28.8 Å². The Labute approximate surface area is 149 Å². The van der Waals surface area contributed by atoms with Crippen LogP contribution < -0.4 is 5.32 Å². The largest absolute Gasteiger partial charge is 0.322 e. The maximum atomic E-state index is 12.7. The minimum atomic E-state index is -0.185. The van der Waals surface area contributed by atoms with Gasteiger partial charge in [-0.2, -0.15) is 0 Å². The maximum Gasteiger partial charge on any atom is 0.256 e. The number of imidazole rings is 1. The lowest BCUT2D eigenvalue weighted by molar-refractivity contribution is 0.102. The predicted molar refractivity (Wildman–Crippen MR) is 100 cm³/mol. The number of nitrogens with zero attached hydrogens (tertiary/aromatic N) is 2. The van der Waals surface area contributed by atoms with Crippen molar-refractivity contribution in [3.05, 3.63) is 89.7 Å². The lowest BCUT2D eigenvalue weighted by Crippen LogP contribution is -2.13. The van der Waals surface area contributed by atoms with Gasteiger partial charge in [-0.1, -0.05) is 35.9 Å². The first-order valence-electron chi connectivity index (χ1n) is 7.81. The van der Waals surface area contributed by atoms with Gasteiger partial charge >= 0.3 is 0 Å². The minimum Gasteiger partial charge on any atom is -0.322 e. The van der Waals surface area contributed by atoms with Crippen molar-refractivity contribution in [3.8, 4) is 11.3 Å². The van der Waals surface area contributed by atoms with Gasteiger partial charge in [0.05, 0.1) is 5.69 Å². The molecule has 2 aromatic heterocycles. The fourth-order valence-electron chi connectivity index (χ4n) is 2.70. The van der Waals surface area contributed by atoms with Crippen molar-refractivity contribution in [2.24, 2.45) is 0 Å². The van der Waals surface area contributed by atoms with Crippen LogP contribution in [0.5, 0.6) is 0 Å². The summed E-state index contributed by atoms with van der Waals surface area (Å²) in [4.78, 5) is 17.3. The summed E-state index contributed by atoms with van der Waals surface area (Å²) < 4.78 is 1.93. The molecule has 2 heterocycles. The highest BCUT2D eigenvalue weighted by Gasteiger charge is 2.15. The van der Waals surface area contributed by atoms with E-state index < -0.39 is 0 Å². The molecule has 0 unspecified atom stereocenters. The van der Waals surface area contributed by atoms with Crippen LogP contribution in [-0.2, 0) is 0 Å². The summed E-state index contributed by atoms with van der Waals surface area (Å²) in [5.74, 6) is -0.185. The van der Waals surface area contributed by atoms with E-state index >= 15 is 0 Å². The number of benzene rings is 2. The van der Waals surface area contributed by atoms with Crippen LogP contribution in [0, 0.1) is 0 Å². The van der Waals surface area contributed by atoms with Gasteiger partial charge in [0.15, 0.2) is 0 Å². The summed E-state index contributed by atoms with van der Waals surface area (Å²) in [5.41, 5.74) is 3.65. The topological polar surface area (TPSA) is 46.4 Å². The Morgan fingerprint density at radius 3 is 2.52 bits per heavy atom. The molecule has 0 bridgehead atoms. The van der Waals surface area contributed by atoms with E-state index in [1.807, 2.05) is 53.2 Å². The Hall–Kier alpha value is -3.11. The summed E-state index contributed by atoms with van der Waals surface area (Å²) >= 11 is 5.89. The van der Waals surface area contributed by atoms with E-state index in [1.165, 1.54) is 0 Å². The highest BCUT2D eigenvalue weighted by Crippen LogP contribution is 2.24. The number of nitrogens with one attached hydrogen (secondary N) is 1. The molecule has 0 aliphatic heterocycles. The molecule has 0 saturated heterocycles. The van der Waals surface area contributed by atoms with Gasteiger partial charge in [0, 0.05) is 34.2 Å². The first-order valence-corrected chi connectivity index (χ1v) is 8.18. The molecule has 1 amide bonds. The normalized spacial score (nSPS) is 10.8. The highest BCUT2D eigenvalue weighted by atomic mass is 35.5. The van der Waals surface area contributed by atoms with Crippen molar-refractivity contribution in [2.75, 3.05) is 5.32 Å². The number of amides is 1. The smallest absolute Gasteiger partial charge is 0.256 e. The molecule has 5 heteroatoms. The molecule has 0 fully saturated rings.